The van der Waals surface area contributed by atoms with Gasteiger partial charge in [-0.15, -0.1) is 0 Å². The Morgan fingerprint density at radius 3 is 2.41 bits per heavy atom. The van der Waals surface area contributed by atoms with Crippen LogP contribution in [0.15, 0.2) is 59.5 Å². The van der Waals surface area contributed by atoms with Crippen LogP contribution in [-0.2, 0) is 0 Å². The van der Waals surface area contributed by atoms with Crippen LogP contribution < -0.4 is 5.56 Å². The first-order valence-electron chi connectivity index (χ1n) is 13.2. The van der Waals surface area contributed by atoms with Gasteiger partial charge in [0.2, 0.25) is 0 Å². The van der Waals surface area contributed by atoms with Crippen LogP contribution in [0.25, 0.3) is 16.9 Å². The quantitative estimate of drug-likeness (QED) is 0.330. The second-order valence-electron chi connectivity index (χ2n) is 10.7. The van der Waals surface area contributed by atoms with Gasteiger partial charge in [-0.3, -0.25) is 19.1 Å². The van der Waals surface area contributed by atoms with Gasteiger partial charge in [-0.1, -0.05) is 29.8 Å². The van der Waals surface area contributed by atoms with E-state index in [4.69, 9.17) is 11.6 Å². The largest absolute Gasteiger partial charge is 0.389 e. The Kier molecular flexibility index (Phi) is 6.74. The minimum Gasteiger partial charge on any atom is -0.389 e. The minimum absolute atomic E-state index is 0.0325. The molecule has 10 heteroatoms. The fourth-order valence-electron chi connectivity index (χ4n) is 5.60. The standard InChI is InChI=1S/C31H25ClF3N3O3/c1-15-12-36-28(20-4-3-5-21(26(20)34)30(40)37-13-19(39)14-37)27(35)29(15)38-16(2)10-24(25(32)31(38)41)23-11-22(23)17-6-8-18(33)9-7-17/h3-10,12,19,22-23,39H,11,13-14H2,1-2H3/t22-,23+/m1/s1. The molecule has 2 aromatic carbocycles. The Bertz CT molecular complexity index is 1770. The number of nitrogens with zero attached hydrogens (tertiary/aromatic N) is 3. The van der Waals surface area contributed by atoms with E-state index < -0.39 is 29.2 Å². The van der Waals surface area contributed by atoms with Crippen molar-refractivity contribution in [3.63, 3.8) is 0 Å². The lowest BCUT2D eigenvalue weighted by Crippen LogP contribution is -2.53. The maximum Gasteiger partial charge on any atom is 0.274 e. The van der Waals surface area contributed by atoms with Gasteiger partial charge in [-0.05, 0) is 79.1 Å². The van der Waals surface area contributed by atoms with Crippen molar-refractivity contribution in [3.05, 3.63) is 116 Å². The Morgan fingerprint density at radius 1 is 1.02 bits per heavy atom. The molecule has 2 aromatic heterocycles. The summed E-state index contributed by atoms with van der Waals surface area (Å²) >= 11 is 6.58. The Hall–Kier alpha value is -3.95. The third kappa shape index (κ3) is 4.63. The highest BCUT2D eigenvalue weighted by Gasteiger charge is 2.41. The summed E-state index contributed by atoms with van der Waals surface area (Å²) in [7, 11) is 0. The third-order valence-electron chi connectivity index (χ3n) is 7.88. The number of carbonyl (C=O) groups excluding carboxylic acids is 1. The fourth-order valence-corrected chi connectivity index (χ4v) is 5.88. The topological polar surface area (TPSA) is 75.4 Å². The first kappa shape index (κ1) is 27.2. The van der Waals surface area contributed by atoms with E-state index in [-0.39, 0.29) is 58.3 Å². The number of aryl methyl sites for hydroxylation is 2. The normalized spacial score (nSPS) is 18.4. The molecule has 1 saturated carbocycles. The summed E-state index contributed by atoms with van der Waals surface area (Å²) in [4.78, 5) is 31.7. The molecule has 210 valence electrons. The average molecular weight is 580 g/mol. The lowest BCUT2D eigenvalue weighted by Gasteiger charge is -2.36. The van der Waals surface area contributed by atoms with Crippen molar-refractivity contribution >= 4 is 17.5 Å². The Balaban J connectivity index is 1.39. The number of aliphatic hydroxyl groups is 1. The first-order valence-corrected chi connectivity index (χ1v) is 13.5. The molecule has 4 aromatic rings. The molecular weight excluding hydrogens is 555 g/mol. The van der Waals surface area contributed by atoms with E-state index in [1.54, 1.807) is 32.0 Å². The van der Waals surface area contributed by atoms with Crippen LogP contribution in [0, 0.1) is 31.3 Å². The molecule has 0 unspecified atom stereocenters. The number of pyridine rings is 2. The number of aromatic nitrogens is 2. The number of benzene rings is 2. The predicted octanol–water partition coefficient (Wildman–Crippen LogP) is 5.67. The third-order valence-corrected chi connectivity index (χ3v) is 8.26. The monoisotopic (exact) mass is 579 g/mol. The van der Waals surface area contributed by atoms with Crippen molar-refractivity contribution in [2.24, 2.45) is 0 Å². The molecule has 6 nitrogen and oxygen atoms in total. The van der Waals surface area contributed by atoms with Crippen molar-refractivity contribution < 1.29 is 23.1 Å². The Labute approximate surface area is 238 Å². The number of aliphatic hydroxyl groups excluding tert-OH is 1. The summed E-state index contributed by atoms with van der Waals surface area (Å²) < 4.78 is 46.3. The molecule has 6 rings (SSSR count). The molecule has 0 spiro atoms. The molecule has 1 amide bonds. The first-order chi connectivity index (χ1) is 19.6. The van der Waals surface area contributed by atoms with E-state index in [0.717, 1.165) is 16.6 Å². The summed E-state index contributed by atoms with van der Waals surface area (Å²) in [6, 6.07) is 12.0. The van der Waals surface area contributed by atoms with E-state index in [9.17, 15) is 19.1 Å². The van der Waals surface area contributed by atoms with E-state index in [1.165, 1.54) is 41.4 Å². The maximum atomic E-state index is 16.2. The number of halogens is 4. The van der Waals surface area contributed by atoms with Crippen molar-refractivity contribution in [2.45, 2.75) is 38.2 Å². The molecule has 3 heterocycles. The molecular formula is C31H25ClF3N3O3. The zero-order valence-corrected chi connectivity index (χ0v) is 22.9. The van der Waals surface area contributed by atoms with Crippen LogP contribution >= 0.6 is 11.6 Å². The average Bonchev–Trinajstić information content (AvgIpc) is 3.72. The lowest BCUT2D eigenvalue weighted by atomic mass is 10.0. The number of likely N-dealkylation sites (tertiary alicyclic amines) is 1. The summed E-state index contributed by atoms with van der Waals surface area (Å²) in [5.41, 5.74) is 0.764. The van der Waals surface area contributed by atoms with E-state index in [2.05, 4.69) is 4.98 Å². The number of amides is 1. The fraction of sp³-hybridized carbons (Fsp3) is 0.258. The summed E-state index contributed by atoms with van der Waals surface area (Å²) in [6.07, 6.45) is 1.43. The number of carbonyl (C=O) groups is 1. The molecule has 0 radical (unpaired) electrons. The number of hydrogen-bond acceptors (Lipinski definition) is 4. The minimum atomic E-state index is -0.946. The molecule has 1 N–H and O–H groups in total. The molecule has 1 saturated heterocycles. The van der Waals surface area contributed by atoms with Crippen LogP contribution in [0.4, 0.5) is 13.2 Å². The molecule has 1 aliphatic heterocycles. The van der Waals surface area contributed by atoms with Gasteiger partial charge in [0, 0.05) is 30.5 Å². The van der Waals surface area contributed by atoms with Gasteiger partial charge >= 0.3 is 0 Å². The number of rotatable bonds is 5. The highest BCUT2D eigenvalue weighted by atomic mass is 35.5. The molecule has 1 aliphatic carbocycles. The molecule has 2 atom stereocenters. The van der Waals surface area contributed by atoms with Crippen LogP contribution in [-0.4, -0.2) is 44.7 Å². The summed E-state index contributed by atoms with van der Waals surface area (Å²) in [6.45, 7) is 3.43. The molecule has 2 aliphatic rings. The van der Waals surface area contributed by atoms with Gasteiger partial charge in [-0.2, -0.15) is 0 Å². The second kappa shape index (κ2) is 10.2. The SMILES string of the molecule is Cc1cnc(-c2cccc(C(=O)N3CC(O)C3)c2F)c(F)c1-n1c(C)cc([C@H]2C[C@@H]2c2ccc(F)cc2)c(Cl)c1=O. The van der Waals surface area contributed by atoms with Crippen molar-refractivity contribution in [2.75, 3.05) is 13.1 Å². The molecule has 2 fully saturated rings. The smallest absolute Gasteiger partial charge is 0.274 e. The van der Waals surface area contributed by atoms with Crippen molar-refractivity contribution in [1.82, 2.24) is 14.5 Å². The number of hydrogen-bond donors (Lipinski definition) is 1. The highest BCUT2D eigenvalue weighted by Crippen LogP contribution is 2.55. The van der Waals surface area contributed by atoms with Crippen LogP contribution in [0.1, 0.15) is 51.0 Å². The van der Waals surface area contributed by atoms with Crippen molar-refractivity contribution in [1.29, 1.82) is 0 Å². The van der Waals surface area contributed by atoms with Crippen LogP contribution in [0.3, 0.4) is 0 Å². The van der Waals surface area contributed by atoms with Gasteiger partial charge < -0.3 is 10.0 Å². The lowest BCUT2D eigenvalue weighted by molar-refractivity contribution is 0.00559. The highest BCUT2D eigenvalue weighted by molar-refractivity contribution is 6.31. The van der Waals surface area contributed by atoms with E-state index in [0.29, 0.717) is 16.8 Å². The van der Waals surface area contributed by atoms with Crippen molar-refractivity contribution in [3.8, 4) is 16.9 Å². The zero-order valence-electron chi connectivity index (χ0n) is 22.2. The van der Waals surface area contributed by atoms with E-state index >= 15 is 8.78 Å². The predicted molar refractivity (Wildman–Crippen MR) is 148 cm³/mol. The Morgan fingerprint density at radius 2 is 1.73 bits per heavy atom. The van der Waals surface area contributed by atoms with E-state index in [1.807, 2.05) is 0 Å². The zero-order chi connectivity index (χ0) is 29.2. The van der Waals surface area contributed by atoms with Gasteiger partial charge in [0.1, 0.15) is 22.4 Å². The van der Waals surface area contributed by atoms with Gasteiger partial charge in [0.05, 0.1) is 17.4 Å². The summed E-state index contributed by atoms with van der Waals surface area (Å²) in [5.74, 6) is -2.77. The number of β-amino-alcohol motifs (C(OH)–C–C–N with tert-alkyl or cyclic N) is 1. The second-order valence-corrected chi connectivity index (χ2v) is 11.1. The van der Waals surface area contributed by atoms with Gasteiger partial charge in [0.15, 0.2) is 5.82 Å². The van der Waals surface area contributed by atoms with Crippen LogP contribution in [0.5, 0.6) is 0 Å². The van der Waals surface area contributed by atoms with Gasteiger partial charge in [0.25, 0.3) is 11.5 Å². The maximum absolute atomic E-state index is 16.2. The van der Waals surface area contributed by atoms with Gasteiger partial charge in [-0.25, -0.2) is 13.2 Å². The molecule has 0 bridgehead atoms. The van der Waals surface area contributed by atoms with Crippen LogP contribution in [0.2, 0.25) is 5.02 Å². The molecule has 41 heavy (non-hydrogen) atoms. The summed E-state index contributed by atoms with van der Waals surface area (Å²) in [5, 5.41) is 9.47.